The smallest absolute Gasteiger partial charge is 0.421 e. The minimum Gasteiger partial charge on any atom is -0.427 e. The molecule has 7 heteroatoms. The van der Waals surface area contributed by atoms with E-state index in [-0.39, 0.29) is 18.7 Å². The van der Waals surface area contributed by atoms with Crippen LogP contribution in [0.15, 0.2) is 24.4 Å². The molecular formula is C20H27N3O4. The van der Waals surface area contributed by atoms with Crippen LogP contribution in [-0.2, 0) is 20.7 Å². The van der Waals surface area contributed by atoms with Gasteiger partial charge in [-0.25, -0.2) is 4.79 Å². The summed E-state index contributed by atoms with van der Waals surface area (Å²) in [5.41, 5.74) is 3.03. The summed E-state index contributed by atoms with van der Waals surface area (Å²) in [5, 5.41) is 1.04. The molecule has 27 heavy (non-hydrogen) atoms. The first-order valence-corrected chi connectivity index (χ1v) is 9.13. The van der Waals surface area contributed by atoms with Crippen LogP contribution in [-0.4, -0.2) is 74.0 Å². The number of benzene rings is 1. The zero-order valence-electron chi connectivity index (χ0n) is 16.4. The zero-order valence-corrected chi connectivity index (χ0v) is 16.4. The van der Waals surface area contributed by atoms with E-state index in [1.54, 1.807) is 0 Å². The molecule has 146 valence electrons. The van der Waals surface area contributed by atoms with E-state index in [4.69, 9.17) is 9.47 Å². The monoisotopic (exact) mass is 373 g/mol. The average molecular weight is 373 g/mol. The van der Waals surface area contributed by atoms with Crippen molar-refractivity contribution < 1.29 is 19.1 Å². The summed E-state index contributed by atoms with van der Waals surface area (Å²) < 4.78 is 11.7. The molecule has 0 spiro atoms. The highest BCUT2D eigenvalue weighted by molar-refractivity contribution is 5.92. The lowest BCUT2D eigenvalue weighted by Crippen LogP contribution is -2.48. The van der Waals surface area contributed by atoms with Gasteiger partial charge in [-0.05, 0) is 52.2 Å². The van der Waals surface area contributed by atoms with Crippen LogP contribution in [0, 0.1) is 12.8 Å². The predicted molar refractivity (Wildman–Crippen MR) is 103 cm³/mol. The van der Waals surface area contributed by atoms with Gasteiger partial charge >= 0.3 is 12.1 Å². The van der Waals surface area contributed by atoms with Crippen LogP contribution >= 0.6 is 0 Å². The van der Waals surface area contributed by atoms with Gasteiger partial charge in [0, 0.05) is 31.2 Å². The van der Waals surface area contributed by atoms with E-state index in [9.17, 15) is 9.59 Å². The van der Waals surface area contributed by atoms with E-state index in [1.165, 1.54) is 4.57 Å². The number of aromatic nitrogens is 1. The van der Waals surface area contributed by atoms with E-state index in [0.717, 1.165) is 35.0 Å². The van der Waals surface area contributed by atoms with Crippen LogP contribution in [0.1, 0.15) is 11.1 Å². The molecule has 0 saturated carbocycles. The number of hydrogen-bond acceptors (Lipinski definition) is 6. The summed E-state index contributed by atoms with van der Waals surface area (Å²) >= 11 is 0. The van der Waals surface area contributed by atoms with Gasteiger partial charge in [0.15, 0.2) is 0 Å². The second-order valence-electron chi connectivity index (χ2n) is 7.51. The maximum absolute atomic E-state index is 12.5. The maximum atomic E-state index is 12.5. The number of likely N-dealkylation sites (tertiary alicyclic amines) is 1. The Kier molecular flexibility index (Phi) is 5.82. The summed E-state index contributed by atoms with van der Waals surface area (Å²) in [6.07, 6.45) is 2.11. The maximum Gasteiger partial charge on any atom is 0.421 e. The van der Waals surface area contributed by atoms with Gasteiger partial charge in [-0.3, -0.25) is 9.36 Å². The summed E-state index contributed by atoms with van der Waals surface area (Å²) in [6, 6.07) is 5.97. The second-order valence-corrected chi connectivity index (χ2v) is 7.51. The standard InChI is InChI=1S/C20H27N3O4/c1-14-5-6-18-17(9-14)15(7-8-21(2)3)12-23(18)20(25)27-13-26-19(24)16-10-22(4)11-16/h5-6,9,12,16H,7-8,10-11,13H2,1-4H3. The van der Waals surface area contributed by atoms with Crippen molar-refractivity contribution in [3.63, 3.8) is 0 Å². The zero-order chi connectivity index (χ0) is 19.6. The van der Waals surface area contributed by atoms with Crippen molar-refractivity contribution >= 4 is 23.0 Å². The lowest BCUT2D eigenvalue weighted by molar-refractivity contribution is -0.162. The van der Waals surface area contributed by atoms with E-state index >= 15 is 0 Å². The molecule has 1 aliphatic rings. The lowest BCUT2D eigenvalue weighted by atomic mass is 10.0. The molecule has 3 rings (SSSR count). The summed E-state index contributed by atoms with van der Waals surface area (Å²) in [6.45, 7) is 3.92. The van der Waals surface area contributed by atoms with E-state index < -0.39 is 6.09 Å². The van der Waals surface area contributed by atoms with Crippen LogP contribution in [0.25, 0.3) is 10.9 Å². The molecule has 7 nitrogen and oxygen atoms in total. The number of carbonyl (C=O) groups excluding carboxylic acids is 2. The average Bonchev–Trinajstić information content (AvgIpc) is 2.94. The number of fused-ring (bicyclic) bond motifs is 1. The number of ether oxygens (including phenoxy) is 2. The number of likely N-dealkylation sites (N-methyl/N-ethyl adjacent to an activating group) is 1. The van der Waals surface area contributed by atoms with E-state index in [1.807, 2.05) is 51.3 Å². The Morgan fingerprint density at radius 1 is 1.22 bits per heavy atom. The topological polar surface area (TPSA) is 64.0 Å². The van der Waals surface area contributed by atoms with Crippen LogP contribution < -0.4 is 0 Å². The molecule has 0 unspecified atom stereocenters. The van der Waals surface area contributed by atoms with Crippen LogP contribution in [0.2, 0.25) is 0 Å². The third-order valence-corrected chi connectivity index (χ3v) is 4.85. The number of hydrogen-bond donors (Lipinski definition) is 0. The summed E-state index contributed by atoms with van der Waals surface area (Å²) in [7, 11) is 5.98. The quantitative estimate of drug-likeness (QED) is 0.571. The lowest BCUT2D eigenvalue weighted by Gasteiger charge is -2.33. The van der Waals surface area contributed by atoms with E-state index in [2.05, 4.69) is 11.0 Å². The molecule has 1 aromatic heterocycles. The normalized spacial score (nSPS) is 15.1. The molecule has 0 bridgehead atoms. The molecule has 2 heterocycles. The number of carbonyl (C=O) groups is 2. The highest BCUT2D eigenvalue weighted by Crippen LogP contribution is 2.24. The van der Waals surface area contributed by atoms with Gasteiger partial charge < -0.3 is 19.3 Å². The highest BCUT2D eigenvalue weighted by Gasteiger charge is 2.31. The molecule has 0 N–H and O–H groups in total. The second kappa shape index (κ2) is 8.10. The predicted octanol–water partition coefficient (Wildman–Crippen LogP) is 2.10. The number of esters is 1. The van der Waals surface area contributed by atoms with Crippen molar-refractivity contribution in [1.82, 2.24) is 14.4 Å². The molecule has 1 aromatic carbocycles. The highest BCUT2D eigenvalue weighted by atomic mass is 16.7. The fraction of sp³-hybridized carbons (Fsp3) is 0.500. The van der Waals surface area contributed by atoms with Crippen molar-refractivity contribution in [2.75, 3.05) is 47.6 Å². The van der Waals surface area contributed by atoms with Crippen LogP contribution in [0.3, 0.4) is 0 Å². The Bertz CT molecular complexity index is 837. The molecule has 0 aliphatic carbocycles. The molecule has 0 atom stereocenters. The van der Waals surface area contributed by atoms with Crippen LogP contribution in [0.4, 0.5) is 4.79 Å². The Balaban J connectivity index is 1.67. The largest absolute Gasteiger partial charge is 0.427 e. The summed E-state index contributed by atoms with van der Waals surface area (Å²) in [4.78, 5) is 28.5. The first-order valence-electron chi connectivity index (χ1n) is 9.13. The molecule has 1 saturated heterocycles. The first-order chi connectivity index (χ1) is 12.8. The van der Waals surface area contributed by atoms with Gasteiger partial charge in [0.05, 0.1) is 11.4 Å². The Labute approximate surface area is 159 Å². The third-order valence-electron chi connectivity index (χ3n) is 4.85. The summed E-state index contributed by atoms with van der Waals surface area (Å²) in [5.74, 6) is -0.442. The fourth-order valence-corrected chi connectivity index (χ4v) is 3.28. The molecule has 1 aliphatic heterocycles. The van der Waals surface area contributed by atoms with Crippen molar-refractivity contribution in [2.45, 2.75) is 13.3 Å². The molecular weight excluding hydrogens is 346 g/mol. The minimum atomic E-state index is -0.543. The van der Waals surface area contributed by atoms with Gasteiger partial charge in [-0.1, -0.05) is 11.6 Å². The van der Waals surface area contributed by atoms with Crippen molar-refractivity contribution in [3.8, 4) is 0 Å². The molecule has 0 amide bonds. The number of aryl methyl sites for hydroxylation is 1. The van der Waals surface area contributed by atoms with Gasteiger partial charge in [0.2, 0.25) is 6.79 Å². The van der Waals surface area contributed by atoms with Gasteiger partial charge in [-0.15, -0.1) is 0 Å². The van der Waals surface area contributed by atoms with Gasteiger partial charge in [-0.2, -0.15) is 0 Å². The Morgan fingerprint density at radius 3 is 2.63 bits per heavy atom. The first kappa shape index (κ1) is 19.4. The molecule has 1 fully saturated rings. The van der Waals surface area contributed by atoms with Gasteiger partial charge in [0.25, 0.3) is 0 Å². The van der Waals surface area contributed by atoms with Crippen molar-refractivity contribution in [3.05, 3.63) is 35.5 Å². The third kappa shape index (κ3) is 4.48. The van der Waals surface area contributed by atoms with Crippen molar-refractivity contribution in [2.24, 2.45) is 5.92 Å². The van der Waals surface area contributed by atoms with E-state index in [0.29, 0.717) is 13.1 Å². The number of nitrogens with zero attached hydrogens (tertiary/aromatic N) is 3. The molecule has 2 aromatic rings. The fourth-order valence-electron chi connectivity index (χ4n) is 3.28. The SMILES string of the molecule is Cc1ccc2c(c1)c(CCN(C)C)cn2C(=O)OCOC(=O)C1CN(C)C1. The van der Waals surface area contributed by atoms with Crippen LogP contribution in [0.5, 0.6) is 0 Å². The minimum absolute atomic E-state index is 0.123. The molecule has 0 radical (unpaired) electrons. The Morgan fingerprint density at radius 2 is 1.96 bits per heavy atom. The van der Waals surface area contributed by atoms with Gasteiger partial charge in [0.1, 0.15) is 0 Å². The van der Waals surface area contributed by atoms with Crippen molar-refractivity contribution in [1.29, 1.82) is 0 Å². The number of rotatable bonds is 6. The Hall–Kier alpha value is -2.38.